The fourth-order valence-electron chi connectivity index (χ4n) is 2.56. The number of hydrogen-bond acceptors (Lipinski definition) is 4. The maximum absolute atomic E-state index is 14.6. The second-order valence-corrected chi connectivity index (χ2v) is 5.35. The summed E-state index contributed by atoms with van der Waals surface area (Å²) in [5.41, 5.74) is -13.0. The summed E-state index contributed by atoms with van der Waals surface area (Å²) in [6.45, 7) is 0. The molecular formula is C16H4F6O8. The fraction of sp³-hybridized carbons (Fsp3) is 0. The molecule has 0 fully saturated rings. The molecule has 14 heteroatoms. The topological polar surface area (TPSA) is 149 Å². The molecule has 0 aliphatic carbocycles. The van der Waals surface area contributed by atoms with E-state index in [4.69, 9.17) is 20.4 Å². The Morgan fingerprint density at radius 3 is 0.800 bits per heavy atom. The van der Waals surface area contributed by atoms with Gasteiger partial charge in [-0.05, 0) is 0 Å². The van der Waals surface area contributed by atoms with Crippen molar-refractivity contribution < 1.29 is 65.9 Å². The molecule has 8 nitrogen and oxygen atoms in total. The SMILES string of the molecule is O=C(O)c1c(F)c(F)c(-c2c(F)c(F)c(C(=O)O)c(C(=O)O)c2F)c(F)c1C(=O)O. The maximum Gasteiger partial charge on any atom is 0.339 e. The van der Waals surface area contributed by atoms with Crippen LogP contribution in [0.25, 0.3) is 11.1 Å². The van der Waals surface area contributed by atoms with Crippen molar-refractivity contribution in [3.63, 3.8) is 0 Å². The van der Waals surface area contributed by atoms with Gasteiger partial charge in [0.25, 0.3) is 0 Å². The summed E-state index contributed by atoms with van der Waals surface area (Å²) in [4.78, 5) is 44.2. The smallest absolute Gasteiger partial charge is 0.339 e. The number of carboxylic acids is 4. The molecule has 0 aromatic heterocycles. The summed E-state index contributed by atoms with van der Waals surface area (Å²) >= 11 is 0. The first kappa shape index (κ1) is 22.2. The molecule has 2 aromatic carbocycles. The van der Waals surface area contributed by atoms with Crippen LogP contribution in [0.4, 0.5) is 26.3 Å². The third-order valence-corrected chi connectivity index (χ3v) is 3.75. The maximum atomic E-state index is 14.6. The molecule has 0 bridgehead atoms. The Morgan fingerprint density at radius 1 is 0.400 bits per heavy atom. The van der Waals surface area contributed by atoms with Crippen LogP contribution in [0.2, 0.25) is 0 Å². The van der Waals surface area contributed by atoms with E-state index in [0.29, 0.717) is 0 Å². The molecule has 0 spiro atoms. The highest BCUT2D eigenvalue weighted by Gasteiger charge is 2.39. The zero-order valence-electron chi connectivity index (χ0n) is 13.7. The Hall–Kier alpha value is -4.10. The van der Waals surface area contributed by atoms with Crippen molar-refractivity contribution >= 4 is 23.9 Å². The quantitative estimate of drug-likeness (QED) is 0.411. The summed E-state index contributed by atoms with van der Waals surface area (Å²) in [7, 11) is 0. The van der Waals surface area contributed by atoms with E-state index in [0.717, 1.165) is 0 Å². The predicted octanol–water partition coefficient (Wildman–Crippen LogP) is 2.98. The van der Waals surface area contributed by atoms with Crippen molar-refractivity contribution in [3.05, 3.63) is 57.2 Å². The molecule has 2 rings (SSSR count). The Bertz CT molecular complexity index is 1080. The van der Waals surface area contributed by atoms with Crippen LogP contribution in [-0.4, -0.2) is 44.3 Å². The summed E-state index contributed by atoms with van der Waals surface area (Å²) in [6.07, 6.45) is 0. The van der Waals surface area contributed by atoms with Crippen LogP contribution in [0.5, 0.6) is 0 Å². The van der Waals surface area contributed by atoms with Crippen molar-refractivity contribution in [2.24, 2.45) is 0 Å². The van der Waals surface area contributed by atoms with Gasteiger partial charge in [-0.15, -0.1) is 0 Å². The number of hydrogen-bond donors (Lipinski definition) is 4. The van der Waals surface area contributed by atoms with Crippen molar-refractivity contribution in [3.8, 4) is 11.1 Å². The molecule has 0 heterocycles. The van der Waals surface area contributed by atoms with E-state index in [-0.39, 0.29) is 0 Å². The van der Waals surface area contributed by atoms with E-state index in [1.54, 1.807) is 0 Å². The average molecular weight is 438 g/mol. The van der Waals surface area contributed by atoms with Crippen LogP contribution in [0.1, 0.15) is 41.4 Å². The number of carboxylic acid groups (broad SMARTS) is 4. The van der Waals surface area contributed by atoms with Crippen LogP contribution in [-0.2, 0) is 0 Å². The number of benzene rings is 2. The summed E-state index contributed by atoms with van der Waals surface area (Å²) < 4.78 is 86.0. The van der Waals surface area contributed by atoms with Gasteiger partial charge in [-0.1, -0.05) is 0 Å². The zero-order chi connectivity index (χ0) is 23.2. The van der Waals surface area contributed by atoms with Gasteiger partial charge >= 0.3 is 23.9 Å². The van der Waals surface area contributed by atoms with Gasteiger partial charge in [0.15, 0.2) is 23.3 Å². The van der Waals surface area contributed by atoms with E-state index in [1.807, 2.05) is 0 Å². The minimum Gasteiger partial charge on any atom is -0.478 e. The van der Waals surface area contributed by atoms with Gasteiger partial charge in [0.05, 0.1) is 11.1 Å². The van der Waals surface area contributed by atoms with Gasteiger partial charge in [0, 0.05) is 0 Å². The Labute approximate surface area is 159 Å². The molecule has 158 valence electrons. The highest BCUT2D eigenvalue weighted by Crippen LogP contribution is 2.39. The van der Waals surface area contributed by atoms with Crippen LogP contribution >= 0.6 is 0 Å². The molecule has 0 unspecified atom stereocenters. The second kappa shape index (κ2) is 7.38. The summed E-state index contributed by atoms with van der Waals surface area (Å²) in [6, 6.07) is 0. The van der Waals surface area contributed by atoms with Crippen LogP contribution < -0.4 is 0 Å². The molecule has 2 aromatic rings. The van der Waals surface area contributed by atoms with Crippen molar-refractivity contribution in [2.45, 2.75) is 0 Å². The van der Waals surface area contributed by atoms with E-state index in [2.05, 4.69) is 0 Å². The lowest BCUT2D eigenvalue weighted by Gasteiger charge is -2.16. The Balaban J connectivity index is 3.22. The van der Waals surface area contributed by atoms with Gasteiger partial charge in [-0.25, -0.2) is 45.5 Å². The first-order valence-corrected chi connectivity index (χ1v) is 7.09. The molecule has 4 N–H and O–H groups in total. The van der Waals surface area contributed by atoms with Gasteiger partial charge in [0.2, 0.25) is 0 Å². The number of carbonyl (C=O) groups is 4. The van der Waals surface area contributed by atoms with Gasteiger partial charge in [0.1, 0.15) is 33.9 Å². The summed E-state index contributed by atoms with van der Waals surface area (Å²) in [5, 5.41) is 35.4. The first-order valence-electron chi connectivity index (χ1n) is 7.09. The van der Waals surface area contributed by atoms with E-state index in [1.165, 1.54) is 0 Å². The van der Waals surface area contributed by atoms with Gasteiger partial charge in [-0.3, -0.25) is 0 Å². The number of aromatic carboxylic acids is 4. The average Bonchev–Trinajstić information content (AvgIpc) is 2.61. The molecule has 30 heavy (non-hydrogen) atoms. The fourth-order valence-corrected chi connectivity index (χ4v) is 2.56. The van der Waals surface area contributed by atoms with E-state index in [9.17, 15) is 45.5 Å². The number of halogens is 6. The molecule has 0 saturated carbocycles. The van der Waals surface area contributed by atoms with Gasteiger partial charge < -0.3 is 20.4 Å². The zero-order valence-corrected chi connectivity index (χ0v) is 13.7. The highest BCUT2D eigenvalue weighted by atomic mass is 19.2. The monoisotopic (exact) mass is 438 g/mol. The first-order chi connectivity index (χ1) is 13.7. The van der Waals surface area contributed by atoms with Crippen molar-refractivity contribution in [1.29, 1.82) is 0 Å². The van der Waals surface area contributed by atoms with Crippen LogP contribution in [0, 0.1) is 34.9 Å². The van der Waals surface area contributed by atoms with Crippen molar-refractivity contribution in [1.82, 2.24) is 0 Å². The molecule has 0 radical (unpaired) electrons. The molecule has 0 saturated heterocycles. The van der Waals surface area contributed by atoms with Gasteiger partial charge in [-0.2, -0.15) is 0 Å². The molecule has 0 atom stereocenters. The molecular weight excluding hydrogens is 434 g/mol. The van der Waals surface area contributed by atoms with E-state index < -0.39 is 92.2 Å². The molecule has 0 amide bonds. The van der Waals surface area contributed by atoms with Crippen LogP contribution in [0.15, 0.2) is 0 Å². The lowest BCUT2D eigenvalue weighted by Crippen LogP contribution is -2.20. The Morgan fingerprint density at radius 2 is 0.600 bits per heavy atom. The third-order valence-electron chi connectivity index (χ3n) is 3.75. The Kier molecular flexibility index (Phi) is 5.46. The number of rotatable bonds is 5. The minimum absolute atomic E-state index is 2.08. The molecule has 0 aliphatic heterocycles. The minimum atomic E-state index is -2.70. The third kappa shape index (κ3) is 3.07. The van der Waals surface area contributed by atoms with Crippen molar-refractivity contribution in [2.75, 3.05) is 0 Å². The second-order valence-electron chi connectivity index (χ2n) is 5.35. The largest absolute Gasteiger partial charge is 0.478 e. The van der Waals surface area contributed by atoms with E-state index >= 15 is 0 Å². The lowest BCUT2D eigenvalue weighted by atomic mass is 9.92. The predicted molar refractivity (Wildman–Crippen MR) is 79.5 cm³/mol. The summed E-state index contributed by atoms with van der Waals surface area (Å²) in [5.74, 6) is -25.9. The standard InChI is InChI=1S/C16H4F6O8/c17-7-1(9(19)11(21)5(15(27)28)3(7)13(23)24)2-8(18)4(14(25)26)6(16(29)30)12(22)10(2)20/h(H,23,24)(H,25,26)(H,27,28)(H,29,30). The highest BCUT2D eigenvalue weighted by molar-refractivity contribution is 6.05. The molecule has 0 aliphatic rings. The van der Waals surface area contributed by atoms with Crippen LogP contribution in [0.3, 0.4) is 0 Å². The lowest BCUT2D eigenvalue weighted by molar-refractivity contribution is 0.0640. The normalized spacial score (nSPS) is 10.7.